The summed E-state index contributed by atoms with van der Waals surface area (Å²) in [4.78, 5) is 25.2. The minimum atomic E-state index is -4.26. The number of nitriles is 1. The lowest BCUT2D eigenvalue weighted by molar-refractivity contribution is -0.115. The third-order valence-corrected chi connectivity index (χ3v) is 6.71. The summed E-state index contributed by atoms with van der Waals surface area (Å²) in [7, 11) is -4.26. The van der Waals surface area contributed by atoms with Gasteiger partial charge >= 0.3 is 6.03 Å². The molecule has 0 aliphatic carbocycles. The normalized spacial score (nSPS) is 10.8. The Morgan fingerprint density at radius 2 is 1.71 bits per heavy atom. The number of urea groups is 1. The van der Waals surface area contributed by atoms with Crippen molar-refractivity contribution in [3.8, 4) is 17.5 Å². The average molecular weight is 551 g/mol. The second-order valence-electron chi connectivity index (χ2n) is 7.82. The van der Waals surface area contributed by atoms with Crippen molar-refractivity contribution < 1.29 is 23.1 Å². The number of aromatic hydroxyl groups is 1. The second-order valence-corrected chi connectivity index (χ2v) is 9.94. The fourth-order valence-electron chi connectivity index (χ4n) is 3.44. The van der Waals surface area contributed by atoms with E-state index in [1.54, 1.807) is 42.5 Å². The van der Waals surface area contributed by atoms with Crippen LogP contribution in [0.3, 0.4) is 0 Å². The Labute approximate surface area is 222 Å². The van der Waals surface area contributed by atoms with E-state index in [9.17, 15) is 28.4 Å². The van der Waals surface area contributed by atoms with E-state index in [4.69, 9.17) is 11.6 Å². The summed E-state index contributed by atoms with van der Waals surface area (Å²) in [5, 5.41) is 29.1. The lowest BCUT2D eigenvalue weighted by Gasteiger charge is -2.11. The van der Waals surface area contributed by atoms with Gasteiger partial charge in [0.25, 0.3) is 10.0 Å². The summed E-state index contributed by atoms with van der Waals surface area (Å²) >= 11 is 5.80. The summed E-state index contributed by atoms with van der Waals surface area (Å²) < 4.78 is 28.4. The van der Waals surface area contributed by atoms with Crippen LogP contribution in [0.1, 0.15) is 11.3 Å². The smallest absolute Gasteiger partial charge is 0.334 e. The van der Waals surface area contributed by atoms with Crippen molar-refractivity contribution in [1.29, 1.82) is 5.26 Å². The number of nitrogens with one attached hydrogen (secondary N) is 3. The van der Waals surface area contributed by atoms with E-state index in [2.05, 4.69) is 15.7 Å². The number of carbonyl (C=O) groups excluding carboxylic acids is 2. The van der Waals surface area contributed by atoms with Gasteiger partial charge in [0.15, 0.2) is 5.82 Å². The van der Waals surface area contributed by atoms with Crippen molar-refractivity contribution in [3.05, 3.63) is 95.1 Å². The van der Waals surface area contributed by atoms with Crippen LogP contribution in [0.4, 0.5) is 16.3 Å². The number of amides is 3. The van der Waals surface area contributed by atoms with E-state index in [-0.39, 0.29) is 34.1 Å². The molecule has 38 heavy (non-hydrogen) atoms. The molecule has 4 rings (SSSR count). The number of hydrogen-bond acceptors (Lipinski definition) is 7. The van der Waals surface area contributed by atoms with Crippen molar-refractivity contribution in [3.63, 3.8) is 0 Å². The van der Waals surface area contributed by atoms with Crippen molar-refractivity contribution in [2.75, 3.05) is 10.6 Å². The standard InChI is InChI=1S/C25H19ClN6O5S/c26-16-9-11-20(12-10-16)38(36,37)31-25(35)29-24-21(15-27)22(30-32(24)18-6-2-1-3-7-18)14-23(34)28-17-5-4-8-19(33)13-17/h1-13,33H,14H2,(H,28,34)(H2,29,31,35). The molecule has 0 aliphatic rings. The van der Waals surface area contributed by atoms with Gasteiger partial charge in [-0.05, 0) is 48.5 Å². The molecule has 3 aromatic carbocycles. The number of phenolic OH excluding ortho intramolecular Hbond substituents is 1. The van der Waals surface area contributed by atoms with Gasteiger partial charge in [-0.25, -0.2) is 22.6 Å². The van der Waals surface area contributed by atoms with Crippen molar-refractivity contribution in [1.82, 2.24) is 14.5 Å². The second kappa shape index (κ2) is 11.0. The molecule has 13 heteroatoms. The van der Waals surface area contributed by atoms with Crippen LogP contribution in [-0.4, -0.2) is 35.2 Å². The molecule has 192 valence electrons. The molecular formula is C25H19ClN6O5S. The fourth-order valence-corrected chi connectivity index (χ4v) is 4.48. The molecule has 0 unspecified atom stereocenters. The van der Waals surface area contributed by atoms with Gasteiger partial charge in [-0.15, -0.1) is 0 Å². The third-order valence-electron chi connectivity index (χ3n) is 5.11. The fraction of sp³-hybridized carbons (Fsp3) is 0.0400. The highest BCUT2D eigenvalue weighted by molar-refractivity contribution is 7.90. The van der Waals surface area contributed by atoms with Gasteiger partial charge in [0.05, 0.1) is 22.7 Å². The highest BCUT2D eigenvalue weighted by Crippen LogP contribution is 2.25. The van der Waals surface area contributed by atoms with Crippen molar-refractivity contribution in [2.45, 2.75) is 11.3 Å². The van der Waals surface area contributed by atoms with E-state index >= 15 is 0 Å². The molecule has 0 bridgehead atoms. The van der Waals surface area contributed by atoms with Crippen molar-refractivity contribution in [2.24, 2.45) is 0 Å². The Kier molecular flexibility index (Phi) is 7.61. The maximum Gasteiger partial charge on any atom is 0.334 e. The molecular weight excluding hydrogens is 532 g/mol. The van der Waals surface area contributed by atoms with Crippen LogP contribution in [-0.2, 0) is 21.2 Å². The van der Waals surface area contributed by atoms with Gasteiger partial charge < -0.3 is 10.4 Å². The first-order valence-electron chi connectivity index (χ1n) is 10.9. The molecule has 0 radical (unpaired) electrons. The molecule has 0 aliphatic heterocycles. The number of halogens is 1. The van der Waals surface area contributed by atoms with E-state index in [0.717, 1.165) is 0 Å². The minimum absolute atomic E-state index is 0.0323. The van der Waals surface area contributed by atoms with Crippen molar-refractivity contribution >= 4 is 45.1 Å². The molecule has 0 saturated heterocycles. The zero-order valence-corrected chi connectivity index (χ0v) is 21.0. The summed E-state index contributed by atoms with van der Waals surface area (Å²) in [6.45, 7) is 0. The van der Waals surface area contributed by atoms with Crippen LogP contribution in [0, 0.1) is 11.3 Å². The van der Waals surface area contributed by atoms with Crippen LogP contribution in [0.25, 0.3) is 5.69 Å². The number of carbonyl (C=O) groups is 2. The summed E-state index contributed by atoms with van der Waals surface area (Å²) in [5.74, 6) is -0.714. The number of hydrogen-bond donors (Lipinski definition) is 4. The molecule has 4 N–H and O–H groups in total. The minimum Gasteiger partial charge on any atom is -0.508 e. The van der Waals surface area contributed by atoms with Crippen LogP contribution in [0.5, 0.6) is 5.75 Å². The topological polar surface area (TPSA) is 166 Å². The van der Waals surface area contributed by atoms with Gasteiger partial charge in [-0.3, -0.25) is 10.1 Å². The molecule has 4 aromatic rings. The van der Waals surface area contributed by atoms with E-state index in [1.807, 2.05) is 10.8 Å². The first-order valence-corrected chi connectivity index (χ1v) is 12.8. The monoisotopic (exact) mass is 550 g/mol. The summed E-state index contributed by atoms with van der Waals surface area (Å²) in [6, 6.07) is 20.3. The number of rotatable bonds is 7. The molecule has 0 spiro atoms. The van der Waals surface area contributed by atoms with Crippen LogP contribution < -0.4 is 15.4 Å². The number of aromatic nitrogens is 2. The Hall–Kier alpha value is -4.86. The molecule has 1 aromatic heterocycles. The molecule has 3 amide bonds. The van der Waals surface area contributed by atoms with E-state index in [1.165, 1.54) is 41.1 Å². The zero-order chi connectivity index (χ0) is 27.3. The Morgan fingerprint density at radius 3 is 2.37 bits per heavy atom. The van der Waals surface area contributed by atoms with E-state index in [0.29, 0.717) is 16.4 Å². The summed E-state index contributed by atoms with van der Waals surface area (Å²) in [6.07, 6.45) is -0.349. The number of benzene rings is 3. The number of nitrogens with zero attached hydrogens (tertiary/aromatic N) is 3. The Bertz CT molecular complexity index is 1650. The van der Waals surface area contributed by atoms with Crippen LogP contribution >= 0.6 is 11.6 Å². The molecule has 1 heterocycles. The third kappa shape index (κ3) is 6.09. The highest BCUT2D eigenvalue weighted by atomic mass is 35.5. The SMILES string of the molecule is N#Cc1c(CC(=O)Nc2cccc(O)c2)nn(-c2ccccc2)c1NC(=O)NS(=O)(=O)c1ccc(Cl)cc1. The predicted molar refractivity (Wildman–Crippen MR) is 140 cm³/mol. The Balaban J connectivity index is 1.63. The van der Waals surface area contributed by atoms with Gasteiger partial charge in [-0.1, -0.05) is 35.9 Å². The maximum absolute atomic E-state index is 12.7. The average Bonchev–Trinajstić information content (AvgIpc) is 3.20. The number of para-hydroxylation sites is 1. The van der Waals surface area contributed by atoms with Gasteiger partial charge in [0.2, 0.25) is 5.91 Å². The highest BCUT2D eigenvalue weighted by Gasteiger charge is 2.25. The molecule has 0 atom stereocenters. The first-order chi connectivity index (χ1) is 18.2. The van der Waals surface area contributed by atoms with E-state index < -0.39 is 22.0 Å². The number of sulfonamides is 1. The maximum atomic E-state index is 12.7. The van der Waals surface area contributed by atoms with Gasteiger partial charge in [0.1, 0.15) is 17.4 Å². The molecule has 11 nitrogen and oxygen atoms in total. The first kappa shape index (κ1) is 26.2. The lowest BCUT2D eigenvalue weighted by Crippen LogP contribution is -2.35. The summed E-state index contributed by atoms with van der Waals surface area (Å²) in [5.41, 5.74) is 0.671. The van der Waals surface area contributed by atoms with Crippen LogP contribution in [0.2, 0.25) is 5.02 Å². The van der Waals surface area contributed by atoms with Gasteiger partial charge in [-0.2, -0.15) is 10.4 Å². The lowest BCUT2D eigenvalue weighted by atomic mass is 10.2. The quantitative estimate of drug-likeness (QED) is 0.271. The van der Waals surface area contributed by atoms with Gasteiger partial charge in [0, 0.05) is 16.8 Å². The predicted octanol–water partition coefficient (Wildman–Crippen LogP) is 3.79. The zero-order valence-electron chi connectivity index (χ0n) is 19.4. The number of anilines is 2. The Morgan fingerprint density at radius 1 is 1.00 bits per heavy atom. The molecule has 0 fully saturated rings. The number of phenols is 1. The van der Waals surface area contributed by atoms with Crippen LogP contribution in [0.15, 0.2) is 83.8 Å². The largest absolute Gasteiger partial charge is 0.508 e. The molecule has 0 saturated carbocycles.